The molecule has 25 heavy (non-hydrogen) atoms. The molecule has 6 nitrogen and oxygen atoms in total. The minimum atomic E-state index is -0.121. The van der Waals surface area contributed by atoms with Crippen LogP contribution in [0.25, 0.3) is 22.5 Å². The monoisotopic (exact) mass is 463 g/mol. The summed E-state index contributed by atoms with van der Waals surface area (Å²) >= 11 is 3.85. The fraction of sp³-hybridized carbons (Fsp3) is 0.176. The molecule has 4 rings (SSSR count). The van der Waals surface area contributed by atoms with E-state index in [1.807, 2.05) is 35.7 Å². The third-order valence-electron chi connectivity index (χ3n) is 3.81. The van der Waals surface area contributed by atoms with Crippen molar-refractivity contribution in [1.29, 1.82) is 0 Å². The summed E-state index contributed by atoms with van der Waals surface area (Å²) in [4.78, 5) is 26.4. The first kappa shape index (κ1) is 16.5. The van der Waals surface area contributed by atoms with E-state index in [0.717, 1.165) is 19.9 Å². The Balaban J connectivity index is 2.04. The van der Waals surface area contributed by atoms with E-state index < -0.39 is 0 Å². The molecule has 3 heterocycles. The normalized spacial score (nSPS) is 11.5. The smallest absolute Gasteiger partial charge is 0.267 e. The number of imidazole rings is 1. The summed E-state index contributed by atoms with van der Waals surface area (Å²) in [7, 11) is 0. The summed E-state index contributed by atoms with van der Waals surface area (Å²) in [5, 5.41) is 1.48. The maximum atomic E-state index is 13.0. The molecule has 4 aromatic rings. The van der Waals surface area contributed by atoms with Gasteiger partial charge in [0.05, 0.1) is 10.9 Å². The van der Waals surface area contributed by atoms with Gasteiger partial charge in [-0.05, 0) is 47.4 Å². The van der Waals surface area contributed by atoms with Crippen LogP contribution in [0.15, 0.2) is 46.7 Å². The van der Waals surface area contributed by atoms with Crippen molar-refractivity contribution in [1.82, 2.24) is 23.9 Å². The molecule has 0 spiro atoms. The van der Waals surface area contributed by atoms with Crippen LogP contribution in [0.4, 0.5) is 0 Å². The Morgan fingerprint density at radius 2 is 2.12 bits per heavy atom. The van der Waals surface area contributed by atoms with Crippen LogP contribution in [0.3, 0.4) is 0 Å². The van der Waals surface area contributed by atoms with Crippen LogP contribution < -0.4 is 5.56 Å². The lowest BCUT2D eigenvalue weighted by atomic mass is 10.2. The van der Waals surface area contributed by atoms with Gasteiger partial charge in [0.25, 0.3) is 5.56 Å². The molecule has 0 aliphatic carbocycles. The van der Waals surface area contributed by atoms with E-state index in [9.17, 15) is 4.79 Å². The van der Waals surface area contributed by atoms with Gasteiger partial charge in [0, 0.05) is 16.0 Å². The predicted molar refractivity (Wildman–Crippen MR) is 108 cm³/mol. The highest BCUT2D eigenvalue weighted by Gasteiger charge is 2.17. The van der Waals surface area contributed by atoms with Gasteiger partial charge in [0.2, 0.25) is 5.78 Å². The molecular weight excluding hydrogens is 449 g/mol. The first-order valence-corrected chi connectivity index (χ1v) is 9.79. The van der Waals surface area contributed by atoms with E-state index in [2.05, 4.69) is 44.5 Å². The summed E-state index contributed by atoms with van der Waals surface area (Å²) in [5.41, 5.74) is 1.59. The van der Waals surface area contributed by atoms with Crippen LogP contribution in [0.2, 0.25) is 0 Å². The SMILES string of the molecule is CCSc1c(-n2cnc3ccc(C)cc3c2=O)nc2ncc(I)cn12. The zero-order valence-electron chi connectivity index (χ0n) is 13.6. The maximum absolute atomic E-state index is 13.0. The number of nitrogens with zero attached hydrogens (tertiary/aromatic N) is 5. The molecule has 0 atom stereocenters. The number of rotatable bonds is 3. The molecule has 0 aliphatic rings. The topological polar surface area (TPSA) is 65.1 Å². The van der Waals surface area contributed by atoms with Crippen molar-refractivity contribution in [2.75, 3.05) is 5.75 Å². The molecule has 1 aromatic carbocycles. The number of benzene rings is 1. The fourth-order valence-corrected chi connectivity index (χ4v) is 3.93. The predicted octanol–water partition coefficient (Wildman–Crippen LogP) is 3.45. The quantitative estimate of drug-likeness (QED) is 0.344. The lowest BCUT2D eigenvalue weighted by Crippen LogP contribution is -2.20. The standard InChI is InChI=1S/C17H14IN5OS/c1-3-25-16-14(21-17-19-7-11(18)8-22(16)17)23-9-20-13-5-4-10(2)6-12(13)15(23)24/h4-9H,3H2,1-2H3. The van der Waals surface area contributed by atoms with Crippen LogP contribution in [0.1, 0.15) is 12.5 Å². The van der Waals surface area contributed by atoms with Crippen molar-refractivity contribution in [2.24, 2.45) is 0 Å². The minimum absolute atomic E-state index is 0.121. The number of halogens is 1. The molecule has 126 valence electrons. The maximum Gasteiger partial charge on any atom is 0.267 e. The highest BCUT2D eigenvalue weighted by atomic mass is 127. The Morgan fingerprint density at radius 1 is 1.28 bits per heavy atom. The number of aryl methyl sites for hydroxylation is 1. The molecule has 0 saturated carbocycles. The molecule has 0 saturated heterocycles. The van der Waals surface area contributed by atoms with E-state index in [1.54, 1.807) is 24.3 Å². The largest absolute Gasteiger partial charge is 0.276 e. The second-order valence-electron chi connectivity index (χ2n) is 5.56. The van der Waals surface area contributed by atoms with Crippen molar-refractivity contribution in [3.05, 3.63) is 56.4 Å². The van der Waals surface area contributed by atoms with E-state index in [-0.39, 0.29) is 5.56 Å². The second kappa shape index (κ2) is 6.41. The number of hydrogen-bond acceptors (Lipinski definition) is 5. The number of thioether (sulfide) groups is 1. The molecule has 0 bridgehead atoms. The first-order valence-electron chi connectivity index (χ1n) is 7.73. The summed E-state index contributed by atoms with van der Waals surface area (Å²) in [6.45, 7) is 4.03. The molecular formula is C17H14IN5OS. The molecule has 0 radical (unpaired) electrons. The van der Waals surface area contributed by atoms with E-state index in [4.69, 9.17) is 0 Å². The zero-order valence-corrected chi connectivity index (χ0v) is 16.6. The van der Waals surface area contributed by atoms with Gasteiger partial charge in [-0.2, -0.15) is 4.98 Å². The Bertz CT molecular complexity index is 1170. The second-order valence-corrected chi connectivity index (χ2v) is 8.05. The molecule has 0 unspecified atom stereocenters. The van der Waals surface area contributed by atoms with Gasteiger partial charge in [-0.25, -0.2) is 14.5 Å². The van der Waals surface area contributed by atoms with Gasteiger partial charge in [0.1, 0.15) is 11.4 Å². The molecule has 0 fully saturated rings. The van der Waals surface area contributed by atoms with Crippen molar-refractivity contribution >= 4 is 51.0 Å². The Labute approximate surface area is 161 Å². The van der Waals surface area contributed by atoms with Gasteiger partial charge in [-0.1, -0.05) is 18.6 Å². The van der Waals surface area contributed by atoms with Gasteiger partial charge in [0.15, 0.2) is 5.82 Å². The van der Waals surface area contributed by atoms with Crippen molar-refractivity contribution < 1.29 is 0 Å². The average molecular weight is 463 g/mol. The fourth-order valence-electron chi connectivity index (χ4n) is 2.69. The van der Waals surface area contributed by atoms with E-state index in [1.165, 1.54) is 4.57 Å². The van der Waals surface area contributed by atoms with Gasteiger partial charge >= 0.3 is 0 Å². The molecule has 0 aliphatic heterocycles. The van der Waals surface area contributed by atoms with Crippen LogP contribution in [-0.2, 0) is 0 Å². The van der Waals surface area contributed by atoms with Crippen molar-refractivity contribution in [3.8, 4) is 5.82 Å². The number of aromatic nitrogens is 5. The van der Waals surface area contributed by atoms with Gasteiger partial charge in [-0.3, -0.25) is 9.20 Å². The summed E-state index contributed by atoms with van der Waals surface area (Å²) in [6.07, 6.45) is 5.28. The average Bonchev–Trinajstić information content (AvgIpc) is 2.94. The van der Waals surface area contributed by atoms with E-state index in [0.29, 0.717) is 22.5 Å². The van der Waals surface area contributed by atoms with Gasteiger partial charge in [-0.15, -0.1) is 11.8 Å². The van der Waals surface area contributed by atoms with Crippen molar-refractivity contribution in [2.45, 2.75) is 18.9 Å². The Morgan fingerprint density at radius 3 is 2.92 bits per heavy atom. The zero-order chi connectivity index (χ0) is 17.6. The van der Waals surface area contributed by atoms with Gasteiger partial charge < -0.3 is 0 Å². The first-order chi connectivity index (χ1) is 12.1. The summed E-state index contributed by atoms with van der Waals surface area (Å²) < 4.78 is 4.45. The molecule has 0 N–H and O–H groups in total. The minimum Gasteiger partial charge on any atom is -0.276 e. The van der Waals surface area contributed by atoms with Crippen LogP contribution in [0, 0.1) is 10.5 Å². The summed E-state index contributed by atoms with van der Waals surface area (Å²) in [6, 6.07) is 5.69. The van der Waals surface area contributed by atoms with Crippen molar-refractivity contribution in [3.63, 3.8) is 0 Å². The third-order valence-corrected chi connectivity index (χ3v) is 5.31. The lowest BCUT2D eigenvalue weighted by molar-refractivity contribution is 0.891. The number of hydrogen-bond donors (Lipinski definition) is 0. The molecule has 8 heteroatoms. The lowest BCUT2D eigenvalue weighted by Gasteiger charge is -2.07. The Hall–Kier alpha value is -1.94. The highest BCUT2D eigenvalue weighted by Crippen LogP contribution is 2.26. The Kier molecular flexibility index (Phi) is 4.24. The van der Waals surface area contributed by atoms with Crippen LogP contribution in [0.5, 0.6) is 0 Å². The number of fused-ring (bicyclic) bond motifs is 2. The van der Waals surface area contributed by atoms with E-state index >= 15 is 0 Å². The highest BCUT2D eigenvalue weighted by molar-refractivity contribution is 14.1. The summed E-state index contributed by atoms with van der Waals surface area (Å²) in [5.74, 6) is 2.01. The van der Waals surface area contributed by atoms with Crippen LogP contribution in [-0.4, -0.2) is 29.7 Å². The van der Waals surface area contributed by atoms with Crippen LogP contribution >= 0.6 is 34.4 Å². The molecule has 3 aromatic heterocycles. The third kappa shape index (κ3) is 2.82. The molecule has 0 amide bonds.